The fourth-order valence-electron chi connectivity index (χ4n) is 3.62. The Labute approximate surface area is 80.2 Å². The van der Waals surface area contributed by atoms with Gasteiger partial charge in [0.15, 0.2) is 0 Å². The van der Waals surface area contributed by atoms with Crippen LogP contribution in [0.25, 0.3) is 0 Å². The molecule has 1 saturated carbocycles. The molecular weight excluding hydrogens is 162 g/mol. The first-order valence-electron chi connectivity index (χ1n) is 5.81. The molecule has 0 N–H and O–H groups in total. The summed E-state index contributed by atoms with van der Waals surface area (Å²) < 4.78 is 6.07. The fourth-order valence-corrected chi connectivity index (χ4v) is 3.62. The predicted molar refractivity (Wildman–Crippen MR) is 51.4 cm³/mol. The van der Waals surface area contributed by atoms with Gasteiger partial charge in [0, 0.05) is 19.0 Å². The van der Waals surface area contributed by atoms with Crippen molar-refractivity contribution < 1.29 is 4.74 Å². The van der Waals surface area contributed by atoms with Crippen molar-refractivity contribution >= 4 is 0 Å². The first kappa shape index (κ1) is 8.25. The molecule has 2 unspecified atom stereocenters. The van der Waals surface area contributed by atoms with E-state index in [1.807, 2.05) is 0 Å². The van der Waals surface area contributed by atoms with Gasteiger partial charge >= 0.3 is 0 Å². The first-order valence-corrected chi connectivity index (χ1v) is 5.81. The van der Waals surface area contributed by atoms with E-state index in [4.69, 9.17) is 4.74 Å². The van der Waals surface area contributed by atoms with Crippen LogP contribution in [0, 0.1) is 5.92 Å². The summed E-state index contributed by atoms with van der Waals surface area (Å²) in [5, 5.41) is 0. The zero-order valence-corrected chi connectivity index (χ0v) is 8.30. The molecule has 1 aliphatic carbocycles. The predicted octanol–water partition coefficient (Wildman–Crippen LogP) is 2.00. The Morgan fingerprint density at radius 1 is 1.08 bits per heavy atom. The molecule has 0 aromatic rings. The highest BCUT2D eigenvalue weighted by molar-refractivity contribution is 4.97. The molecule has 0 radical (unpaired) electrons. The molecule has 1 spiro atoms. The molecule has 0 aromatic heterocycles. The summed E-state index contributed by atoms with van der Waals surface area (Å²) >= 11 is 0. The van der Waals surface area contributed by atoms with Crippen molar-refractivity contribution in [2.24, 2.45) is 5.92 Å². The Bertz CT molecular complexity index is 204. The molecule has 2 atom stereocenters. The van der Waals surface area contributed by atoms with Crippen LogP contribution in [0.1, 0.15) is 38.5 Å². The molecule has 2 nitrogen and oxygen atoms in total. The summed E-state index contributed by atoms with van der Waals surface area (Å²) in [5.74, 6) is 0.859. The van der Waals surface area contributed by atoms with Crippen LogP contribution < -0.4 is 0 Å². The SMILES string of the molecule is C1CCC23OCCN2CCCC3C1. The lowest BCUT2D eigenvalue weighted by molar-refractivity contribution is -0.164. The maximum atomic E-state index is 6.07. The number of nitrogens with zero attached hydrogens (tertiary/aromatic N) is 1. The minimum absolute atomic E-state index is 0.219. The monoisotopic (exact) mass is 181 g/mol. The smallest absolute Gasteiger partial charge is 0.124 e. The maximum absolute atomic E-state index is 6.07. The molecular formula is C11H19NO. The van der Waals surface area contributed by atoms with Crippen molar-refractivity contribution in [1.82, 2.24) is 4.90 Å². The summed E-state index contributed by atoms with van der Waals surface area (Å²) in [6, 6.07) is 0. The van der Waals surface area contributed by atoms with Crippen molar-refractivity contribution in [3.8, 4) is 0 Å². The summed E-state index contributed by atoms with van der Waals surface area (Å²) in [7, 11) is 0. The first-order chi connectivity index (χ1) is 6.42. The molecule has 3 fully saturated rings. The number of piperidine rings is 1. The fraction of sp³-hybridized carbons (Fsp3) is 1.00. The largest absolute Gasteiger partial charge is 0.359 e. The quantitative estimate of drug-likeness (QED) is 0.566. The van der Waals surface area contributed by atoms with Gasteiger partial charge < -0.3 is 4.74 Å². The molecule has 13 heavy (non-hydrogen) atoms. The zero-order valence-electron chi connectivity index (χ0n) is 8.30. The van der Waals surface area contributed by atoms with Gasteiger partial charge in [-0.25, -0.2) is 0 Å². The van der Waals surface area contributed by atoms with Gasteiger partial charge in [0.25, 0.3) is 0 Å². The Kier molecular flexibility index (Phi) is 1.88. The van der Waals surface area contributed by atoms with Crippen molar-refractivity contribution in [3.05, 3.63) is 0 Å². The van der Waals surface area contributed by atoms with E-state index in [0.29, 0.717) is 0 Å². The van der Waals surface area contributed by atoms with E-state index in [-0.39, 0.29) is 5.72 Å². The third-order valence-electron chi connectivity index (χ3n) is 4.20. The Balaban J connectivity index is 1.89. The third-order valence-corrected chi connectivity index (χ3v) is 4.20. The lowest BCUT2D eigenvalue weighted by Gasteiger charge is -2.49. The minimum atomic E-state index is 0.219. The van der Waals surface area contributed by atoms with Gasteiger partial charge in [0.05, 0.1) is 6.61 Å². The lowest BCUT2D eigenvalue weighted by Crippen LogP contribution is -2.55. The third kappa shape index (κ3) is 1.08. The lowest BCUT2D eigenvalue weighted by atomic mass is 9.75. The van der Waals surface area contributed by atoms with Crippen LogP contribution in [0.2, 0.25) is 0 Å². The molecule has 2 saturated heterocycles. The number of hydrogen-bond donors (Lipinski definition) is 0. The van der Waals surface area contributed by atoms with Gasteiger partial charge in [-0.05, 0) is 32.1 Å². The van der Waals surface area contributed by atoms with Crippen LogP contribution in [0.15, 0.2) is 0 Å². The van der Waals surface area contributed by atoms with E-state index in [9.17, 15) is 0 Å². The van der Waals surface area contributed by atoms with Gasteiger partial charge in [-0.15, -0.1) is 0 Å². The van der Waals surface area contributed by atoms with Crippen LogP contribution in [-0.4, -0.2) is 30.3 Å². The maximum Gasteiger partial charge on any atom is 0.124 e. The van der Waals surface area contributed by atoms with E-state index in [0.717, 1.165) is 12.5 Å². The van der Waals surface area contributed by atoms with Crippen LogP contribution in [-0.2, 0) is 4.74 Å². The van der Waals surface area contributed by atoms with E-state index in [1.165, 1.54) is 51.6 Å². The van der Waals surface area contributed by atoms with Gasteiger partial charge in [-0.3, -0.25) is 4.90 Å². The van der Waals surface area contributed by atoms with Crippen LogP contribution >= 0.6 is 0 Å². The second kappa shape index (κ2) is 2.96. The molecule has 0 amide bonds. The number of hydrogen-bond acceptors (Lipinski definition) is 2. The highest BCUT2D eigenvalue weighted by atomic mass is 16.5. The minimum Gasteiger partial charge on any atom is -0.359 e. The normalized spacial score (nSPS) is 45.7. The van der Waals surface area contributed by atoms with Gasteiger partial charge in [0.1, 0.15) is 5.72 Å². The van der Waals surface area contributed by atoms with Crippen LogP contribution in [0.5, 0.6) is 0 Å². The molecule has 3 rings (SSSR count). The van der Waals surface area contributed by atoms with E-state index in [1.54, 1.807) is 0 Å². The van der Waals surface area contributed by atoms with Crippen molar-refractivity contribution in [1.29, 1.82) is 0 Å². The topological polar surface area (TPSA) is 12.5 Å². The van der Waals surface area contributed by atoms with E-state index in [2.05, 4.69) is 4.90 Å². The number of ether oxygens (including phenoxy) is 1. The second-order valence-electron chi connectivity index (χ2n) is 4.77. The van der Waals surface area contributed by atoms with Crippen LogP contribution in [0.4, 0.5) is 0 Å². The standard InChI is InChI=1S/C11H19NO/c1-2-6-11-10(4-1)5-3-7-12(11)8-9-13-11/h10H,1-9H2. The molecule has 3 aliphatic rings. The van der Waals surface area contributed by atoms with Gasteiger partial charge in [0.2, 0.25) is 0 Å². The second-order valence-corrected chi connectivity index (χ2v) is 4.77. The van der Waals surface area contributed by atoms with Crippen molar-refractivity contribution in [2.75, 3.05) is 19.7 Å². The Morgan fingerprint density at radius 3 is 3.00 bits per heavy atom. The molecule has 2 heteroatoms. The summed E-state index contributed by atoms with van der Waals surface area (Å²) in [6.07, 6.45) is 8.34. The molecule has 74 valence electrons. The average Bonchev–Trinajstić information content (AvgIpc) is 2.58. The van der Waals surface area contributed by atoms with Gasteiger partial charge in [-0.2, -0.15) is 0 Å². The molecule has 2 aliphatic heterocycles. The average molecular weight is 181 g/mol. The summed E-state index contributed by atoms with van der Waals surface area (Å²) in [5.41, 5.74) is 0.219. The van der Waals surface area contributed by atoms with E-state index < -0.39 is 0 Å². The molecule has 0 aromatic carbocycles. The van der Waals surface area contributed by atoms with Gasteiger partial charge in [-0.1, -0.05) is 6.42 Å². The van der Waals surface area contributed by atoms with Crippen molar-refractivity contribution in [2.45, 2.75) is 44.2 Å². The molecule has 0 bridgehead atoms. The zero-order chi connectivity index (χ0) is 8.73. The van der Waals surface area contributed by atoms with E-state index >= 15 is 0 Å². The highest BCUT2D eigenvalue weighted by Crippen LogP contribution is 2.46. The Morgan fingerprint density at radius 2 is 2.00 bits per heavy atom. The summed E-state index contributed by atoms with van der Waals surface area (Å²) in [4.78, 5) is 2.63. The summed E-state index contributed by atoms with van der Waals surface area (Å²) in [6.45, 7) is 3.46. The highest BCUT2D eigenvalue weighted by Gasteiger charge is 2.50. The number of rotatable bonds is 0. The van der Waals surface area contributed by atoms with Crippen LogP contribution in [0.3, 0.4) is 0 Å². The van der Waals surface area contributed by atoms with Crippen molar-refractivity contribution in [3.63, 3.8) is 0 Å². The molecule has 2 heterocycles. The Hall–Kier alpha value is -0.0800.